The maximum Gasteiger partial charge on any atom is 0.291 e. The molecule has 6 nitrogen and oxygen atoms in total. The van der Waals surface area contributed by atoms with Gasteiger partial charge in [0.15, 0.2) is 0 Å². The number of aromatic nitrogens is 1. The molecule has 0 saturated carbocycles. The SMILES string of the molecule is N=NNC(=O)c1ccc2c(n1)NCC=C2. The summed E-state index contributed by atoms with van der Waals surface area (Å²) in [5, 5.41) is 5.84. The summed E-state index contributed by atoms with van der Waals surface area (Å²) in [7, 11) is 0. The summed E-state index contributed by atoms with van der Waals surface area (Å²) in [6.07, 6.45) is 3.91. The Balaban J connectivity index is 2.32. The largest absolute Gasteiger partial charge is 0.366 e. The topological polar surface area (TPSA) is 90.2 Å². The van der Waals surface area contributed by atoms with Gasteiger partial charge in [0.2, 0.25) is 0 Å². The van der Waals surface area contributed by atoms with Crippen molar-refractivity contribution in [2.24, 2.45) is 5.22 Å². The van der Waals surface area contributed by atoms with E-state index >= 15 is 0 Å². The van der Waals surface area contributed by atoms with Gasteiger partial charge in [-0.15, -0.1) is 0 Å². The fourth-order valence-corrected chi connectivity index (χ4v) is 1.32. The molecule has 1 aromatic rings. The maximum atomic E-state index is 11.3. The summed E-state index contributed by atoms with van der Waals surface area (Å²) in [5.41, 5.74) is 9.71. The van der Waals surface area contributed by atoms with Crippen molar-refractivity contribution in [3.05, 3.63) is 29.5 Å². The summed E-state index contributed by atoms with van der Waals surface area (Å²) in [6, 6.07) is 3.39. The van der Waals surface area contributed by atoms with Gasteiger partial charge in [0, 0.05) is 12.1 Å². The van der Waals surface area contributed by atoms with E-state index in [1.807, 2.05) is 17.6 Å². The van der Waals surface area contributed by atoms with Gasteiger partial charge >= 0.3 is 0 Å². The van der Waals surface area contributed by atoms with Crippen molar-refractivity contribution in [3.63, 3.8) is 0 Å². The van der Waals surface area contributed by atoms with Gasteiger partial charge in [0.25, 0.3) is 5.91 Å². The molecule has 2 rings (SSSR count). The highest BCUT2D eigenvalue weighted by atomic mass is 16.2. The second-order valence-corrected chi connectivity index (χ2v) is 2.97. The zero-order chi connectivity index (χ0) is 10.7. The first-order valence-corrected chi connectivity index (χ1v) is 4.39. The Kier molecular flexibility index (Phi) is 2.40. The first-order valence-electron chi connectivity index (χ1n) is 4.39. The lowest BCUT2D eigenvalue weighted by Gasteiger charge is -2.12. The van der Waals surface area contributed by atoms with Crippen LogP contribution in [0.15, 0.2) is 23.4 Å². The molecule has 1 aliphatic rings. The average molecular weight is 203 g/mol. The Morgan fingerprint density at radius 1 is 1.60 bits per heavy atom. The molecule has 0 spiro atoms. The number of fused-ring (bicyclic) bond motifs is 1. The number of amides is 1. The van der Waals surface area contributed by atoms with Gasteiger partial charge < -0.3 is 5.32 Å². The smallest absolute Gasteiger partial charge is 0.291 e. The molecule has 1 aliphatic heterocycles. The highest BCUT2D eigenvalue weighted by molar-refractivity contribution is 5.92. The van der Waals surface area contributed by atoms with Crippen molar-refractivity contribution >= 4 is 17.8 Å². The van der Waals surface area contributed by atoms with E-state index in [-0.39, 0.29) is 5.69 Å². The van der Waals surface area contributed by atoms with Crippen LogP contribution in [0.2, 0.25) is 0 Å². The zero-order valence-corrected chi connectivity index (χ0v) is 7.82. The predicted molar refractivity (Wildman–Crippen MR) is 54.4 cm³/mol. The number of hydrogen-bond acceptors (Lipinski definition) is 5. The number of nitrogens with zero attached hydrogens (tertiary/aromatic N) is 2. The first-order chi connectivity index (χ1) is 7.31. The molecule has 0 aromatic carbocycles. The van der Waals surface area contributed by atoms with Crippen LogP contribution >= 0.6 is 0 Å². The van der Waals surface area contributed by atoms with Crippen molar-refractivity contribution in [2.45, 2.75) is 0 Å². The molecular weight excluding hydrogens is 194 g/mol. The van der Waals surface area contributed by atoms with Gasteiger partial charge in [-0.05, 0) is 12.1 Å². The van der Waals surface area contributed by atoms with Crippen LogP contribution in [-0.4, -0.2) is 17.4 Å². The fraction of sp³-hybridized carbons (Fsp3) is 0.111. The number of carbonyl (C=O) groups excluding carboxylic acids is 1. The molecule has 1 amide bonds. The molecule has 0 fully saturated rings. The molecule has 0 bridgehead atoms. The van der Waals surface area contributed by atoms with Crippen LogP contribution in [0.25, 0.3) is 6.08 Å². The number of nitrogens with one attached hydrogen (secondary N) is 3. The Bertz CT molecular complexity index is 440. The van der Waals surface area contributed by atoms with Crippen LogP contribution in [-0.2, 0) is 0 Å². The highest BCUT2D eigenvalue weighted by Crippen LogP contribution is 2.18. The number of anilines is 1. The second kappa shape index (κ2) is 3.87. The molecule has 3 N–H and O–H groups in total. The standard InChI is InChI=1S/C9H9N5O/c10-14-13-9(15)7-4-3-6-2-1-5-11-8(6)12-7/h1-4H,5H2,(H,11,12)(H2,10,13,15). The maximum absolute atomic E-state index is 11.3. The van der Waals surface area contributed by atoms with Gasteiger partial charge in [-0.3, -0.25) is 4.79 Å². The lowest BCUT2D eigenvalue weighted by molar-refractivity contribution is 0.0945. The Morgan fingerprint density at radius 3 is 3.27 bits per heavy atom. The molecule has 2 heterocycles. The summed E-state index contributed by atoms with van der Waals surface area (Å²) in [6.45, 7) is 0.702. The minimum absolute atomic E-state index is 0.243. The molecule has 0 aliphatic carbocycles. The summed E-state index contributed by atoms with van der Waals surface area (Å²) in [4.78, 5) is 15.4. The average Bonchev–Trinajstić information content (AvgIpc) is 2.29. The van der Waals surface area contributed by atoms with Gasteiger partial charge in [0.05, 0.1) is 0 Å². The molecule has 0 unspecified atom stereocenters. The normalized spacial score (nSPS) is 12.5. The zero-order valence-electron chi connectivity index (χ0n) is 7.82. The predicted octanol–water partition coefficient (Wildman–Crippen LogP) is 1.20. The Hall–Kier alpha value is -2.24. The Labute approximate surface area is 85.9 Å². The molecule has 0 radical (unpaired) electrons. The molecular formula is C9H9N5O. The minimum Gasteiger partial charge on any atom is -0.366 e. The second-order valence-electron chi connectivity index (χ2n) is 2.97. The van der Waals surface area contributed by atoms with E-state index in [1.165, 1.54) is 0 Å². The third-order valence-corrected chi connectivity index (χ3v) is 2.00. The van der Waals surface area contributed by atoms with E-state index < -0.39 is 5.91 Å². The van der Waals surface area contributed by atoms with Crippen LogP contribution in [0.3, 0.4) is 0 Å². The Morgan fingerprint density at radius 2 is 2.47 bits per heavy atom. The van der Waals surface area contributed by atoms with Crippen LogP contribution in [0.1, 0.15) is 16.1 Å². The van der Waals surface area contributed by atoms with Gasteiger partial charge in [-0.1, -0.05) is 17.4 Å². The minimum atomic E-state index is -0.482. The van der Waals surface area contributed by atoms with Crippen molar-refractivity contribution in [3.8, 4) is 0 Å². The number of hydrogen-bond donors (Lipinski definition) is 3. The van der Waals surface area contributed by atoms with Crippen LogP contribution in [0, 0.1) is 5.53 Å². The first kappa shape index (κ1) is 9.32. The van der Waals surface area contributed by atoms with Crippen molar-refractivity contribution in [1.29, 1.82) is 5.53 Å². The van der Waals surface area contributed by atoms with Crippen LogP contribution in [0.4, 0.5) is 5.82 Å². The molecule has 15 heavy (non-hydrogen) atoms. The summed E-state index contributed by atoms with van der Waals surface area (Å²) < 4.78 is 0. The third kappa shape index (κ3) is 1.83. The summed E-state index contributed by atoms with van der Waals surface area (Å²) >= 11 is 0. The number of pyridine rings is 1. The van der Waals surface area contributed by atoms with Crippen LogP contribution < -0.4 is 10.7 Å². The lowest BCUT2D eigenvalue weighted by Crippen LogP contribution is -2.19. The molecule has 0 saturated heterocycles. The third-order valence-electron chi connectivity index (χ3n) is 2.00. The van der Waals surface area contributed by atoms with E-state index in [4.69, 9.17) is 5.53 Å². The molecule has 76 valence electrons. The highest BCUT2D eigenvalue weighted by Gasteiger charge is 2.11. The van der Waals surface area contributed by atoms with Gasteiger partial charge in [0.1, 0.15) is 11.5 Å². The fourth-order valence-electron chi connectivity index (χ4n) is 1.32. The quantitative estimate of drug-likeness (QED) is 0.498. The van der Waals surface area contributed by atoms with Crippen molar-refractivity contribution < 1.29 is 4.79 Å². The molecule has 6 heteroatoms. The van der Waals surface area contributed by atoms with Crippen LogP contribution in [0.5, 0.6) is 0 Å². The molecule has 0 atom stereocenters. The van der Waals surface area contributed by atoms with E-state index in [0.29, 0.717) is 12.4 Å². The number of rotatable bonds is 2. The van der Waals surface area contributed by atoms with E-state index in [2.05, 4.69) is 15.5 Å². The van der Waals surface area contributed by atoms with Crippen molar-refractivity contribution in [2.75, 3.05) is 11.9 Å². The molecule has 1 aromatic heterocycles. The van der Waals surface area contributed by atoms with E-state index in [1.54, 1.807) is 12.1 Å². The number of carbonyl (C=O) groups is 1. The lowest BCUT2D eigenvalue weighted by atomic mass is 10.1. The van der Waals surface area contributed by atoms with Gasteiger partial charge in [-0.2, -0.15) is 5.53 Å². The van der Waals surface area contributed by atoms with E-state index in [9.17, 15) is 4.79 Å². The monoisotopic (exact) mass is 203 g/mol. The summed E-state index contributed by atoms with van der Waals surface area (Å²) in [5.74, 6) is 0.194. The van der Waals surface area contributed by atoms with E-state index in [0.717, 1.165) is 5.56 Å². The van der Waals surface area contributed by atoms with Gasteiger partial charge in [-0.25, -0.2) is 10.4 Å². The van der Waals surface area contributed by atoms with Crippen molar-refractivity contribution in [1.82, 2.24) is 10.4 Å².